The average molecular weight is 450 g/mol. The minimum Gasteiger partial charge on any atom is -0.366 e. The zero-order valence-electron chi connectivity index (χ0n) is 19.1. The van der Waals surface area contributed by atoms with Crippen molar-refractivity contribution in [2.75, 3.05) is 5.32 Å². The molecule has 2 atom stereocenters. The van der Waals surface area contributed by atoms with Gasteiger partial charge in [-0.05, 0) is 61.6 Å². The van der Waals surface area contributed by atoms with Gasteiger partial charge < -0.3 is 14.9 Å². The van der Waals surface area contributed by atoms with Crippen LogP contribution < -0.4 is 5.32 Å². The van der Waals surface area contributed by atoms with E-state index in [1.165, 1.54) is 25.7 Å². The van der Waals surface area contributed by atoms with Gasteiger partial charge in [0.2, 0.25) is 0 Å². The zero-order chi connectivity index (χ0) is 22.6. The lowest BCUT2D eigenvalue weighted by molar-refractivity contribution is 0.0929. The highest BCUT2D eigenvalue weighted by molar-refractivity contribution is 5.95. The molecule has 4 aromatic heterocycles. The van der Waals surface area contributed by atoms with Gasteiger partial charge in [-0.1, -0.05) is 25.1 Å². The van der Waals surface area contributed by atoms with Gasteiger partial charge in [0.15, 0.2) is 11.5 Å². The lowest BCUT2D eigenvalue weighted by atomic mass is 9.62. The fourth-order valence-corrected chi connectivity index (χ4v) is 6.25. The molecule has 3 aliphatic rings. The van der Waals surface area contributed by atoms with Crippen LogP contribution in [0.2, 0.25) is 0 Å². The predicted octanol–water partition coefficient (Wildman–Crippen LogP) is 5.60. The van der Waals surface area contributed by atoms with Crippen LogP contribution in [0, 0.1) is 17.8 Å². The zero-order valence-corrected chi connectivity index (χ0v) is 19.1. The van der Waals surface area contributed by atoms with Crippen molar-refractivity contribution in [1.82, 2.24) is 29.5 Å². The third-order valence-corrected chi connectivity index (χ3v) is 8.11. The van der Waals surface area contributed by atoms with Crippen molar-refractivity contribution in [3.05, 3.63) is 61.3 Å². The van der Waals surface area contributed by atoms with Crippen molar-refractivity contribution in [2.24, 2.45) is 17.8 Å². The number of hydrogen-bond acceptors (Lipinski definition) is 5. The maximum Gasteiger partial charge on any atom is 0.166 e. The van der Waals surface area contributed by atoms with E-state index in [1.54, 1.807) is 6.33 Å². The number of nitrogens with zero attached hydrogens (tertiary/aromatic N) is 5. The maximum absolute atomic E-state index is 5.10. The number of aromatic nitrogens is 6. The van der Waals surface area contributed by atoms with Gasteiger partial charge in [-0.3, -0.25) is 0 Å². The Labute approximate surface area is 197 Å². The summed E-state index contributed by atoms with van der Waals surface area (Å²) >= 11 is 0. The Hall–Kier alpha value is -3.74. The maximum atomic E-state index is 5.10. The van der Waals surface area contributed by atoms with Gasteiger partial charge in [0.25, 0.3) is 0 Å². The summed E-state index contributed by atoms with van der Waals surface area (Å²) in [5.41, 5.74) is 3.69. The van der Waals surface area contributed by atoms with Crippen molar-refractivity contribution in [3.8, 4) is 17.1 Å². The molecule has 3 saturated carbocycles. The summed E-state index contributed by atoms with van der Waals surface area (Å²) in [5.74, 6) is 3.79. The van der Waals surface area contributed by atoms with E-state index < -0.39 is 0 Å². The van der Waals surface area contributed by atoms with Crippen LogP contribution in [0.1, 0.15) is 32.6 Å². The topological polar surface area (TPSA) is 84.3 Å². The molecule has 3 aliphatic carbocycles. The van der Waals surface area contributed by atoms with Gasteiger partial charge in [-0.25, -0.2) is 19.9 Å². The molecule has 7 heteroatoms. The van der Waals surface area contributed by atoms with Crippen molar-refractivity contribution in [1.29, 1.82) is 0 Å². The molecule has 0 saturated heterocycles. The second-order valence-electron chi connectivity index (χ2n) is 9.85. The van der Waals surface area contributed by atoms with E-state index in [4.69, 9.17) is 9.97 Å². The summed E-state index contributed by atoms with van der Waals surface area (Å²) in [6, 6.07) is 12.9. The van der Waals surface area contributed by atoms with Crippen LogP contribution >= 0.6 is 0 Å². The normalized spacial score (nSPS) is 24.1. The van der Waals surface area contributed by atoms with E-state index in [0.29, 0.717) is 23.7 Å². The Kier molecular flexibility index (Phi) is 4.43. The van der Waals surface area contributed by atoms with Crippen LogP contribution in [0.4, 0.5) is 5.82 Å². The highest BCUT2D eigenvalue weighted by atomic mass is 15.1. The lowest BCUT2D eigenvalue weighted by Crippen LogP contribution is -2.47. The Bertz CT molecular complexity index is 1480. The van der Waals surface area contributed by atoms with Crippen molar-refractivity contribution >= 4 is 27.9 Å². The Morgan fingerprint density at radius 3 is 2.62 bits per heavy atom. The minimum absolute atomic E-state index is 0.449. The quantitative estimate of drug-likeness (QED) is 0.373. The Morgan fingerprint density at radius 2 is 1.79 bits per heavy atom. The lowest BCUT2D eigenvalue weighted by Gasteiger charge is -2.47. The fourth-order valence-electron chi connectivity index (χ4n) is 6.25. The minimum atomic E-state index is 0.449. The first-order valence-corrected chi connectivity index (χ1v) is 12.2. The van der Waals surface area contributed by atoms with Crippen LogP contribution in [-0.2, 0) is 0 Å². The first-order chi connectivity index (χ1) is 16.8. The molecule has 2 N–H and O–H groups in total. The second-order valence-corrected chi connectivity index (χ2v) is 9.85. The average Bonchev–Trinajstić information content (AvgIpc) is 3.51. The summed E-state index contributed by atoms with van der Waals surface area (Å²) in [5, 5.41) is 5.89. The molecule has 3 fully saturated rings. The number of rotatable bonds is 4. The van der Waals surface area contributed by atoms with E-state index in [2.05, 4.69) is 68.3 Å². The number of anilines is 1. The number of fused-ring (bicyclic) bond motifs is 5. The number of para-hydroxylation sites is 1. The Morgan fingerprint density at radius 1 is 0.971 bits per heavy atom. The monoisotopic (exact) mass is 449 g/mol. The smallest absolute Gasteiger partial charge is 0.166 e. The number of H-pyrrole nitrogens is 1. The molecular weight excluding hydrogens is 422 g/mol. The van der Waals surface area contributed by atoms with E-state index >= 15 is 0 Å². The predicted molar refractivity (Wildman–Crippen MR) is 134 cm³/mol. The summed E-state index contributed by atoms with van der Waals surface area (Å²) in [6.07, 6.45) is 12.8. The highest BCUT2D eigenvalue weighted by Crippen LogP contribution is 2.46. The molecule has 0 aliphatic heterocycles. The molecular formula is C27H27N7. The molecule has 0 amide bonds. The molecule has 0 radical (unpaired) electrons. The van der Waals surface area contributed by atoms with E-state index in [0.717, 1.165) is 45.1 Å². The molecule has 34 heavy (non-hydrogen) atoms. The van der Waals surface area contributed by atoms with E-state index in [-0.39, 0.29) is 0 Å². The van der Waals surface area contributed by atoms with Gasteiger partial charge in [-0.2, -0.15) is 0 Å². The van der Waals surface area contributed by atoms with Gasteiger partial charge >= 0.3 is 0 Å². The number of hydrogen-bond donors (Lipinski definition) is 2. The van der Waals surface area contributed by atoms with Crippen LogP contribution in [-0.4, -0.2) is 35.5 Å². The van der Waals surface area contributed by atoms with Crippen LogP contribution in [0.25, 0.3) is 39.1 Å². The number of aromatic amines is 1. The van der Waals surface area contributed by atoms with Crippen LogP contribution in [0.5, 0.6) is 0 Å². The van der Waals surface area contributed by atoms with Gasteiger partial charge in [0, 0.05) is 41.3 Å². The fraction of sp³-hybridized carbons (Fsp3) is 0.333. The van der Waals surface area contributed by atoms with Gasteiger partial charge in [0.05, 0.1) is 5.39 Å². The molecule has 0 spiro atoms. The van der Waals surface area contributed by atoms with E-state index in [1.807, 2.05) is 18.5 Å². The number of benzene rings is 1. The van der Waals surface area contributed by atoms with Gasteiger partial charge in [0.1, 0.15) is 17.8 Å². The molecule has 4 heterocycles. The molecule has 7 nitrogen and oxygen atoms in total. The molecule has 8 rings (SSSR count). The second kappa shape index (κ2) is 7.65. The van der Waals surface area contributed by atoms with Crippen LogP contribution in [0.3, 0.4) is 0 Å². The van der Waals surface area contributed by atoms with Crippen molar-refractivity contribution in [3.63, 3.8) is 0 Å². The molecule has 2 bridgehead atoms. The first-order valence-electron chi connectivity index (χ1n) is 12.2. The summed E-state index contributed by atoms with van der Waals surface area (Å²) in [4.78, 5) is 22.0. The first kappa shape index (κ1) is 19.7. The molecule has 1 aromatic carbocycles. The molecule has 170 valence electrons. The third-order valence-electron chi connectivity index (χ3n) is 8.11. The van der Waals surface area contributed by atoms with Crippen LogP contribution in [0.15, 0.2) is 61.3 Å². The molecule has 0 unspecified atom stereocenters. The summed E-state index contributed by atoms with van der Waals surface area (Å²) in [7, 11) is 0. The standard InChI is InChI=1S/C27H27N7/c1-16-17-7-9-18(10-8-17)23(16)31-25-20-11-12-34(19-5-3-2-4-6-19)27(20)33-26(32-25)22-14-29-24-21(22)13-28-15-30-24/h2-6,11-18,23H,7-10H2,1H3,(H,28,29,30)(H,31,32,33)/t16-,17?,18?,23+/m0/s1. The summed E-state index contributed by atoms with van der Waals surface area (Å²) < 4.78 is 2.15. The molecule has 5 aromatic rings. The van der Waals surface area contributed by atoms with Crippen molar-refractivity contribution < 1.29 is 0 Å². The third kappa shape index (κ3) is 3.03. The Balaban J connectivity index is 1.41. The number of nitrogens with one attached hydrogen (secondary N) is 2. The van der Waals surface area contributed by atoms with Crippen molar-refractivity contribution in [2.45, 2.75) is 38.6 Å². The van der Waals surface area contributed by atoms with E-state index in [9.17, 15) is 0 Å². The largest absolute Gasteiger partial charge is 0.366 e. The summed E-state index contributed by atoms with van der Waals surface area (Å²) in [6.45, 7) is 2.42. The van der Waals surface area contributed by atoms with Gasteiger partial charge in [-0.15, -0.1) is 0 Å². The SMILES string of the molecule is C[C@H]1C2CCC(CC2)[C@@H]1Nc1nc(-c2c[nH]c3ncncc23)nc2c1ccn2-c1ccccc1. The highest BCUT2D eigenvalue weighted by Gasteiger charge is 2.41.